The van der Waals surface area contributed by atoms with Crippen LogP contribution in [-0.4, -0.2) is 15.0 Å². The van der Waals surface area contributed by atoms with Crippen LogP contribution in [0.15, 0.2) is 176 Å². The van der Waals surface area contributed by atoms with Crippen LogP contribution in [0.5, 0.6) is 0 Å². The number of pyridine rings is 1. The van der Waals surface area contributed by atoms with E-state index >= 15 is 0 Å². The minimum Gasteiger partial charge on any atom is -0.372 e. The van der Waals surface area contributed by atoms with Gasteiger partial charge in [-0.05, 0) is 84.8 Å². The van der Waals surface area contributed by atoms with E-state index in [-0.39, 0.29) is 6.04 Å². The minimum atomic E-state index is 0.0256. The maximum absolute atomic E-state index is 5.18. The summed E-state index contributed by atoms with van der Waals surface area (Å²) in [5, 5.41) is 12.7. The van der Waals surface area contributed by atoms with E-state index in [0.717, 1.165) is 64.1 Å². The molecule has 55 heavy (non-hydrogen) atoms. The fraction of sp³-hybridized carbons (Fsp3) is 0.0784. The molecule has 0 radical (unpaired) electrons. The summed E-state index contributed by atoms with van der Waals surface area (Å²) < 4.78 is 0. The Balaban J connectivity index is 0.871. The Labute approximate surface area is 320 Å². The molecule has 0 saturated heterocycles. The van der Waals surface area contributed by atoms with Crippen molar-refractivity contribution in [1.82, 2.24) is 15.0 Å². The van der Waals surface area contributed by atoms with E-state index in [1.807, 2.05) is 30.6 Å². The lowest BCUT2D eigenvalue weighted by atomic mass is 9.91. The quantitative estimate of drug-likeness (QED) is 0.126. The number of nitrogens with zero attached hydrogens (tertiary/aromatic N) is 3. The van der Waals surface area contributed by atoms with E-state index in [2.05, 4.69) is 167 Å². The number of aromatic nitrogens is 3. The summed E-state index contributed by atoms with van der Waals surface area (Å²) in [6.07, 6.45) is 15.2. The second-order valence-corrected chi connectivity index (χ2v) is 14.3. The summed E-state index contributed by atoms with van der Waals surface area (Å²) in [5.41, 5.74) is 10.1. The van der Waals surface area contributed by atoms with Gasteiger partial charge in [0.25, 0.3) is 0 Å². The van der Waals surface area contributed by atoms with E-state index in [0.29, 0.717) is 0 Å². The lowest BCUT2D eigenvalue weighted by Gasteiger charge is -2.24. The highest BCUT2D eigenvalue weighted by molar-refractivity contribution is 6.25. The van der Waals surface area contributed by atoms with E-state index < -0.39 is 0 Å². The van der Waals surface area contributed by atoms with Crippen molar-refractivity contribution in [3.63, 3.8) is 0 Å². The van der Waals surface area contributed by atoms with Crippen LogP contribution in [0.1, 0.15) is 35.1 Å². The first-order valence-electron chi connectivity index (χ1n) is 19.1. The number of hydrogen-bond acceptors (Lipinski definition) is 4. The number of hydrogen-bond donors (Lipinski definition) is 1. The van der Waals surface area contributed by atoms with Crippen molar-refractivity contribution < 1.29 is 0 Å². The van der Waals surface area contributed by atoms with Crippen molar-refractivity contribution in [1.29, 1.82) is 0 Å². The Morgan fingerprint density at radius 3 is 2.00 bits per heavy atom. The zero-order valence-electron chi connectivity index (χ0n) is 30.4. The SMILES string of the molecule is C1=CC(c2cccc(-c3ccc4c5ccccc5c5ccccc5c4c3)c2)Nc2c1ccc1ccc(C/C=C\CCc3ncc(-c4ccccc4)cn3)nc21. The third kappa shape index (κ3) is 6.32. The number of allylic oxidation sites excluding steroid dienone is 2. The van der Waals surface area contributed by atoms with Gasteiger partial charge in [0.1, 0.15) is 5.82 Å². The Hall–Kier alpha value is -6.91. The van der Waals surface area contributed by atoms with Crippen LogP contribution in [0.4, 0.5) is 5.69 Å². The summed E-state index contributed by atoms with van der Waals surface area (Å²) in [5.74, 6) is 0.860. The molecule has 10 rings (SSSR count). The molecular formula is C51H38N4. The topological polar surface area (TPSA) is 50.7 Å². The summed E-state index contributed by atoms with van der Waals surface area (Å²) in [6, 6.07) is 52.4. The molecule has 0 fully saturated rings. The molecule has 1 atom stereocenters. The monoisotopic (exact) mass is 706 g/mol. The van der Waals surface area contributed by atoms with Crippen molar-refractivity contribution in [2.24, 2.45) is 0 Å². The van der Waals surface area contributed by atoms with E-state index in [4.69, 9.17) is 4.98 Å². The highest BCUT2D eigenvalue weighted by atomic mass is 14.9. The number of benzene rings is 7. The number of anilines is 1. The fourth-order valence-electron chi connectivity index (χ4n) is 8.04. The Morgan fingerprint density at radius 1 is 0.545 bits per heavy atom. The zero-order valence-corrected chi connectivity index (χ0v) is 30.4. The van der Waals surface area contributed by atoms with Gasteiger partial charge in [-0.15, -0.1) is 0 Å². The van der Waals surface area contributed by atoms with Gasteiger partial charge in [0.05, 0.1) is 17.2 Å². The molecule has 1 unspecified atom stereocenters. The van der Waals surface area contributed by atoms with Gasteiger partial charge in [0.15, 0.2) is 0 Å². The number of nitrogens with one attached hydrogen (secondary N) is 1. The van der Waals surface area contributed by atoms with Crippen LogP contribution >= 0.6 is 0 Å². The second-order valence-electron chi connectivity index (χ2n) is 14.3. The van der Waals surface area contributed by atoms with Crippen LogP contribution in [0.2, 0.25) is 0 Å². The number of aryl methyl sites for hydroxylation is 1. The lowest BCUT2D eigenvalue weighted by Crippen LogP contribution is -2.13. The van der Waals surface area contributed by atoms with Crippen molar-refractivity contribution in [2.75, 3.05) is 5.32 Å². The molecule has 2 aromatic heterocycles. The molecule has 0 amide bonds. The maximum Gasteiger partial charge on any atom is 0.128 e. The highest BCUT2D eigenvalue weighted by Crippen LogP contribution is 2.39. The highest BCUT2D eigenvalue weighted by Gasteiger charge is 2.19. The first-order chi connectivity index (χ1) is 27.2. The second kappa shape index (κ2) is 14.1. The van der Waals surface area contributed by atoms with Crippen molar-refractivity contribution in [3.05, 3.63) is 199 Å². The molecule has 4 nitrogen and oxygen atoms in total. The third-order valence-electron chi connectivity index (χ3n) is 10.9. The van der Waals surface area contributed by atoms with Gasteiger partial charge < -0.3 is 5.32 Å². The standard InChI is InChI=1S/C51H38N4/c1-3-12-34(13-4-1)40-32-52-49(53-33-40)21-6-2-5-16-41-27-24-35-22-23-36-26-29-48(55-51(36)50(35)54-41)39-15-11-14-37(30-39)38-25-28-46-44-19-8-7-17-42(44)43-18-9-10-20-45(43)47(46)31-38/h1-5,7-15,17-20,22-33,48,55H,6,16,21H2/b5-2-. The van der Waals surface area contributed by atoms with E-state index in [9.17, 15) is 0 Å². The molecule has 262 valence electrons. The van der Waals surface area contributed by atoms with Crippen molar-refractivity contribution >= 4 is 55.0 Å². The normalized spacial score (nSPS) is 13.9. The van der Waals surface area contributed by atoms with Gasteiger partial charge in [-0.25, -0.2) is 9.97 Å². The lowest BCUT2D eigenvalue weighted by molar-refractivity contribution is 0.876. The Bertz CT molecular complexity index is 2890. The number of rotatable bonds is 8. The van der Waals surface area contributed by atoms with Crippen LogP contribution in [0.25, 0.3) is 71.6 Å². The summed E-state index contributed by atoms with van der Waals surface area (Å²) in [6.45, 7) is 0. The molecule has 9 aromatic rings. The van der Waals surface area contributed by atoms with Gasteiger partial charge in [-0.3, -0.25) is 4.98 Å². The minimum absolute atomic E-state index is 0.0256. The Morgan fingerprint density at radius 2 is 1.22 bits per heavy atom. The largest absolute Gasteiger partial charge is 0.372 e. The maximum atomic E-state index is 5.18. The van der Waals surface area contributed by atoms with Crippen LogP contribution < -0.4 is 5.32 Å². The van der Waals surface area contributed by atoms with Gasteiger partial charge in [-0.2, -0.15) is 0 Å². The molecule has 7 aromatic carbocycles. The molecule has 1 aliphatic rings. The predicted molar refractivity (Wildman–Crippen MR) is 230 cm³/mol. The molecule has 3 heterocycles. The molecule has 1 aliphatic heterocycles. The average Bonchev–Trinajstić information content (AvgIpc) is 3.26. The molecular weight excluding hydrogens is 669 g/mol. The van der Waals surface area contributed by atoms with Crippen molar-refractivity contribution in [2.45, 2.75) is 25.3 Å². The van der Waals surface area contributed by atoms with Gasteiger partial charge >= 0.3 is 0 Å². The van der Waals surface area contributed by atoms with E-state index in [1.165, 1.54) is 49.0 Å². The fourth-order valence-corrected chi connectivity index (χ4v) is 8.04. The summed E-state index contributed by atoms with van der Waals surface area (Å²) in [7, 11) is 0. The molecule has 4 heteroatoms. The smallest absolute Gasteiger partial charge is 0.128 e. The molecule has 0 spiro atoms. The van der Waals surface area contributed by atoms with E-state index in [1.54, 1.807) is 0 Å². The number of fused-ring (bicyclic) bond motifs is 9. The molecule has 0 saturated carbocycles. The first-order valence-corrected chi connectivity index (χ1v) is 19.1. The summed E-state index contributed by atoms with van der Waals surface area (Å²) >= 11 is 0. The van der Waals surface area contributed by atoms with Crippen molar-refractivity contribution in [3.8, 4) is 22.3 Å². The van der Waals surface area contributed by atoms with Gasteiger partial charge in [0, 0.05) is 41.9 Å². The molecule has 0 aliphatic carbocycles. The first kappa shape index (κ1) is 32.7. The Kier molecular flexibility index (Phi) is 8.42. The van der Waals surface area contributed by atoms with Crippen LogP contribution in [0.3, 0.4) is 0 Å². The van der Waals surface area contributed by atoms with Gasteiger partial charge in [-0.1, -0.05) is 152 Å². The third-order valence-corrected chi connectivity index (χ3v) is 10.9. The summed E-state index contributed by atoms with van der Waals surface area (Å²) in [4.78, 5) is 14.4. The van der Waals surface area contributed by atoms with Crippen LogP contribution in [-0.2, 0) is 12.8 Å². The van der Waals surface area contributed by atoms with Crippen LogP contribution in [0, 0.1) is 0 Å². The molecule has 0 bridgehead atoms. The van der Waals surface area contributed by atoms with Gasteiger partial charge in [0.2, 0.25) is 0 Å². The zero-order chi connectivity index (χ0) is 36.6. The average molecular weight is 707 g/mol. The predicted octanol–water partition coefficient (Wildman–Crippen LogP) is 12.7. The molecule has 1 N–H and O–H groups in total.